The summed E-state index contributed by atoms with van der Waals surface area (Å²) in [4.78, 5) is 0. The molecule has 5 aromatic carbocycles. The summed E-state index contributed by atoms with van der Waals surface area (Å²) in [5.41, 5.74) is 7.54. The standard InChI is InChI=1S/C29H21F/c1-20-14-26(18-27(30)15-20)29-19-25(17-24-10-5-6-13-28(24)29)23-12-7-11-22(16-23)21-8-3-2-4-9-21/h2-19H,1H3. The summed E-state index contributed by atoms with van der Waals surface area (Å²) >= 11 is 0. The van der Waals surface area contributed by atoms with Crippen LogP contribution in [-0.2, 0) is 0 Å². The van der Waals surface area contributed by atoms with E-state index < -0.39 is 0 Å². The first kappa shape index (κ1) is 18.3. The molecule has 0 saturated carbocycles. The van der Waals surface area contributed by atoms with Crippen LogP contribution in [0.3, 0.4) is 0 Å². The zero-order chi connectivity index (χ0) is 20.5. The highest BCUT2D eigenvalue weighted by atomic mass is 19.1. The smallest absolute Gasteiger partial charge is 0.124 e. The maximum absolute atomic E-state index is 14.2. The van der Waals surface area contributed by atoms with Gasteiger partial charge in [-0.2, -0.15) is 0 Å². The van der Waals surface area contributed by atoms with E-state index in [1.807, 2.05) is 25.1 Å². The van der Waals surface area contributed by atoms with Crippen molar-refractivity contribution in [3.8, 4) is 33.4 Å². The lowest BCUT2D eigenvalue weighted by Gasteiger charge is -2.13. The molecule has 0 aliphatic carbocycles. The van der Waals surface area contributed by atoms with Gasteiger partial charge in [0.25, 0.3) is 0 Å². The van der Waals surface area contributed by atoms with Gasteiger partial charge in [-0.1, -0.05) is 78.9 Å². The molecule has 144 valence electrons. The molecule has 0 nitrogen and oxygen atoms in total. The van der Waals surface area contributed by atoms with Crippen LogP contribution in [0.2, 0.25) is 0 Å². The van der Waals surface area contributed by atoms with Gasteiger partial charge < -0.3 is 0 Å². The number of fused-ring (bicyclic) bond motifs is 1. The molecule has 5 rings (SSSR count). The monoisotopic (exact) mass is 388 g/mol. The summed E-state index contributed by atoms with van der Waals surface area (Å²) in [6.07, 6.45) is 0. The van der Waals surface area contributed by atoms with Gasteiger partial charge in [0.2, 0.25) is 0 Å². The van der Waals surface area contributed by atoms with Crippen LogP contribution < -0.4 is 0 Å². The second-order valence-corrected chi connectivity index (χ2v) is 7.71. The van der Waals surface area contributed by atoms with E-state index >= 15 is 0 Å². The summed E-state index contributed by atoms with van der Waals surface area (Å²) < 4.78 is 14.2. The Hall–Kier alpha value is -3.71. The highest BCUT2D eigenvalue weighted by Gasteiger charge is 2.10. The molecule has 0 fully saturated rings. The molecule has 0 aromatic heterocycles. The normalized spacial score (nSPS) is 11.0. The van der Waals surface area contributed by atoms with Crippen molar-refractivity contribution in [2.24, 2.45) is 0 Å². The minimum atomic E-state index is -0.203. The fraction of sp³-hybridized carbons (Fsp3) is 0.0345. The van der Waals surface area contributed by atoms with E-state index in [2.05, 4.69) is 78.9 Å². The zero-order valence-corrected chi connectivity index (χ0v) is 16.8. The third-order valence-electron chi connectivity index (χ3n) is 5.52. The first-order valence-corrected chi connectivity index (χ1v) is 10.1. The van der Waals surface area contributed by atoms with Gasteiger partial charge in [0.1, 0.15) is 5.82 Å². The third kappa shape index (κ3) is 3.51. The Balaban J connectivity index is 1.72. The van der Waals surface area contributed by atoms with Crippen LogP contribution in [0.15, 0.2) is 109 Å². The zero-order valence-electron chi connectivity index (χ0n) is 16.8. The SMILES string of the molecule is Cc1cc(F)cc(-c2cc(-c3cccc(-c4ccccc4)c3)cc3ccccc23)c1. The van der Waals surface area contributed by atoms with Crippen LogP contribution in [0.1, 0.15) is 5.56 Å². The van der Waals surface area contributed by atoms with E-state index in [9.17, 15) is 4.39 Å². The fourth-order valence-corrected chi connectivity index (χ4v) is 4.12. The molecule has 0 aliphatic heterocycles. The number of halogens is 1. The van der Waals surface area contributed by atoms with Gasteiger partial charge in [-0.25, -0.2) is 4.39 Å². The predicted molar refractivity (Wildman–Crippen MR) is 125 cm³/mol. The molecule has 0 N–H and O–H groups in total. The highest BCUT2D eigenvalue weighted by Crippen LogP contribution is 2.36. The lowest BCUT2D eigenvalue weighted by molar-refractivity contribution is 0.627. The molecule has 0 amide bonds. The highest BCUT2D eigenvalue weighted by molar-refractivity contribution is 6.00. The minimum Gasteiger partial charge on any atom is -0.207 e. The van der Waals surface area contributed by atoms with Crippen molar-refractivity contribution in [3.05, 3.63) is 121 Å². The van der Waals surface area contributed by atoms with Crippen LogP contribution in [0.5, 0.6) is 0 Å². The first-order chi connectivity index (χ1) is 14.7. The topological polar surface area (TPSA) is 0 Å². The predicted octanol–water partition coefficient (Wildman–Crippen LogP) is 8.29. The van der Waals surface area contributed by atoms with Crippen molar-refractivity contribution >= 4 is 10.8 Å². The maximum Gasteiger partial charge on any atom is 0.124 e. The summed E-state index contributed by atoms with van der Waals surface area (Å²) in [6, 6.07) is 36.9. The molecular formula is C29H21F. The van der Waals surface area contributed by atoms with E-state index in [0.29, 0.717) is 0 Å². The Labute approximate surface area is 176 Å². The van der Waals surface area contributed by atoms with E-state index in [0.717, 1.165) is 38.6 Å². The quantitative estimate of drug-likeness (QED) is 0.292. The van der Waals surface area contributed by atoms with Crippen molar-refractivity contribution in [2.75, 3.05) is 0 Å². The Kier molecular flexibility index (Phi) is 4.65. The Morgan fingerprint density at radius 1 is 0.500 bits per heavy atom. The molecule has 0 unspecified atom stereocenters. The van der Waals surface area contributed by atoms with Crippen LogP contribution in [0.4, 0.5) is 4.39 Å². The summed E-state index contributed by atoms with van der Waals surface area (Å²) in [7, 11) is 0. The van der Waals surface area contributed by atoms with Gasteiger partial charge in [-0.05, 0) is 87.0 Å². The molecule has 0 saturated heterocycles. The molecule has 0 radical (unpaired) electrons. The molecule has 0 bridgehead atoms. The summed E-state index contributed by atoms with van der Waals surface area (Å²) in [5, 5.41) is 2.28. The van der Waals surface area contributed by atoms with Gasteiger partial charge in [0, 0.05) is 0 Å². The molecule has 1 heteroatoms. The first-order valence-electron chi connectivity index (χ1n) is 10.1. The van der Waals surface area contributed by atoms with E-state index in [-0.39, 0.29) is 5.82 Å². The van der Waals surface area contributed by atoms with Crippen LogP contribution in [0.25, 0.3) is 44.2 Å². The van der Waals surface area contributed by atoms with Crippen molar-refractivity contribution in [1.29, 1.82) is 0 Å². The Bertz CT molecular complexity index is 1330. The van der Waals surface area contributed by atoms with E-state index in [1.165, 1.54) is 11.1 Å². The van der Waals surface area contributed by atoms with Crippen LogP contribution in [0, 0.1) is 12.7 Å². The second kappa shape index (κ2) is 7.61. The molecule has 0 aliphatic rings. The van der Waals surface area contributed by atoms with Gasteiger partial charge in [-0.3, -0.25) is 0 Å². The van der Waals surface area contributed by atoms with Crippen LogP contribution in [-0.4, -0.2) is 0 Å². The molecule has 30 heavy (non-hydrogen) atoms. The number of rotatable bonds is 3. The molecular weight excluding hydrogens is 367 g/mol. The average Bonchev–Trinajstić information content (AvgIpc) is 2.78. The van der Waals surface area contributed by atoms with Gasteiger partial charge >= 0.3 is 0 Å². The molecule has 0 atom stereocenters. The Morgan fingerprint density at radius 2 is 1.20 bits per heavy atom. The number of hydrogen-bond donors (Lipinski definition) is 0. The molecule has 0 spiro atoms. The summed E-state index contributed by atoms with van der Waals surface area (Å²) in [6.45, 7) is 1.93. The van der Waals surface area contributed by atoms with Crippen molar-refractivity contribution in [1.82, 2.24) is 0 Å². The number of benzene rings is 5. The third-order valence-corrected chi connectivity index (χ3v) is 5.52. The van der Waals surface area contributed by atoms with E-state index in [4.69, 9.17) is 0 Å². The van der Waals surface area contributed by atoms with Gasteiger partial charge in [0.05, 0.1) is 0 Å². The second-order valence-electron chi connectivity index (χ2n) is 7.71. The fourth-order valence-electron chi connectivity index (χ4n) is 4.12. The lowest BCUT2D eigenvalue weighted by Crippen LogP contribution is -1.88. The summed E-state index contributed by atoms with van der Waals surface area (Å²) in [5.74, 6) is -0.203. The van der Waals surface area contributed by atoms with Crippen molar-refractivity contribution in [3.63, 3.8) is 0 Å². The van der Waals surface area contributed by atoms with Crippen LogP contribution >= 0.6 is 0 Å². The van der Waals surface area contributed by atoms with Crippen molar-refractivity contribution in [2.45, 2.75) is 6.92 Å². The van der Waals surface area contributed by atoms with Crippen molar-refractivity contribution < 1.29 is 4.39 Å². The minimum absolute atomic E-state index is 0.203. The van der Waals surface area contributed by atoms with Gasteiger partial charge in [-0.15, -0.1) is 0 Å². The average molecular weight is 388 g/mol. The van der Waals surface area contributed by atoms with Gasteiger partial charge in [0.15, 0.2) is 0 Å². The van der Waals surface area contributed by atoms with E-state index in [1.54, 1.807) is 12.1 Å². The number of hydrogen-bond acceptors (Lipinski definition) is 0. The molecule has 0 heterocycles. The molecule has 5 aromatic rings. The number of aryl methyl sites for hydroxylation is 1. The largest absolute Gasteiger partial charge is 0.207 e. The lowest BCUT2D eigenvalue weighted by atomic mass is 9.91. The Morgan fingerprint density at radius 3 is 2.00 bits per heavy atom. The maximum atomic E-state index is 14.2.